The van der Waals surface area contributed by atoms with Crippen molar-refractivity contribution in [3.63, 3.8) is 0 Å². The summed E-state index contributed by atoms with van der Waals surface area (Å²) in [5, 5.41) is 8.75. The summed E-state index contributed by atoms with van der Waals surface area (Å²) in [4.78, 5) is 4.47. The maximum atomic E-state index is 8.75. The first-order valence-electron chi connectivity index (χ1n) is 6.22. The Balaban J connectivity index is 2.30. The van der Waals surface area contributed by atoms with Crippen molar-refractivity contribution in [1.82, 2.24) is 0 Å². The molecule has 0 saturated heterocycles. The van der Waals surface area contributed by atoms with Crippen molar-refractivity contribution < 1.29 is 0 Å². The van der Waals surface area contributed by atoms with Crippen LogP contribution in [0, 0.1) is 32.1 Å². The van der Waals surface area contributed by atoms with Crippen molar-refractivity contribution in [2.24, 2.45) is 4.99 Å². The third-order valence-corrected chi connectivity index (χ3v) is 3.08. The lowest BCUT2D eigenvalue weighted by Crippen LogP contribution is -1.93. The fraction of sp³-hybridized carbons (Fsp3) is 0.176. The number of aliphatic imine (C=N–C) groups is 1. The highest BCUT2D eigenvalue weighted by Crippen LogP contribution is 2.17. The Kier molecular flexibility index (Phi) is 3.77. The van der Waals surface area contributed by atoms with E-state index in [-0.39, 0.29) is 0 Å². The van der Waals surface area contributed by atoms with Gasteiger partial charge in [0.15, 0.2) is 0 Å². The summed E-state index contributed by atoms with van der Waals surface area (Å²) in [6, 6.07) is 13.7. The maximum Gasteiger partial charge on any atom is 0.0991 e. The summed E-state index contributed by atoms with van der Waals surface area (Å²) in [7, 11) is 0. The fourth-order valence-corrected chi connectivity index (χ4v) is 2.16. The average molecular weight is 248 g/mol. The molecule has 0 amide bonds. The molecular weight excluding hydrogens is 232 g/mol. The lowest BCUT2D eigenvalue weighted by molar-refractivity contribution is 1.30. The number of nitrogens with zero attached hydrogens (tertiary/aromatic N) is 2. The van der Waals surface area contributed by atoms with Crippen molar-refractivity contribution in [2.45, 2.75) is 20.8 Å². The second kappa shape index (κ2) is 5.49. The zero-order valence-electron chi connectivity index (χ0n) is 11.4. The minimum Gasteiger partial charge on any atom is -0.256 e. The van der Waals surface area contributed by atoms with E-state index in [1.165, 1.54) is 16.7 Å². The zero-order chi connectivity index (χ0) is 13.8. The Bertz CT molecular complexity index is 636. The van der Waals surface area contributed by atoms with E-state index in [4.69, 9.17) is 5.26 Å². The molecule has 0 aliphatic rings. The van der Waals surface area contributed by atoms with Crippen LogP contribution in [-0.4, -0.2) is 6.21 Å². The lowest BCUT2D eigenvalue weighted by atomic mass is 10.0. The quantitative estimate of drug-likeness (QED) is 0.732. The minimum atomic E-state index is 0.654. The summed E-state index contributed by atoms with van der Waals surface area (Å²) in [6.07, 6.45) is 1.89. The molecule has 0 bridgehead atoms. The number of rotatable bonds is 2. The van der Waals surface area contributed by atoms with E-state index >= 15 is 0 Å². The van der Waals surface area contributed by atoms with Crippen molar-refractivity contribution in [2.75, 3.05) is 0 Å². The lowest BCUT2D eigenvalue weighted by Gasteiger charge is -2.06. The van der Waals surface area contributed by atoms with Gasteiger partial charge in [-0.1, -0.05) is 17.7 Å². The first-order chi connectivity index (χ1) is 9.10. The van der Waals surface area contributed by atoms with Gasteiger partial charge in [-0.2, -0.15) is 5.26 Å². The second-order valence-electron chi connectivity index (χ2n) is 4.73. The molecule has 0 saturated carbocycles. The van der Waals surface area contributed by atoms with Crippen LogP contribution in [0.25, 0.3) is 0 Å². The Labute approximate surface area is 114 Å². The van der Waals surface area contributed by atoms with Gasteiger partial charge < -0.3 is 0 Å². The van der Waals surface area contributed by atoms with Crippen molar-refractivity contribution in [3.8, 4) is 6.07 Å². The van der Waals surface area contributed by atoms with Gasteiger partial charge in [-0.15, -0.1) is 0 Å². The number of nitriles is 1. The van der Waals surface area contributed by atoms with Crippen LogP contribution in [0.2, 0.25) is 0 Å². The smallest absolute Gasteiger partial charge is 0.0991 e. The van der Waals surface area contributed by atoms with Crippen molar-refractivity contribution in [3.05, 3.63) is 64.2 Å². The summed E-state index contributed by atoms with van der Waals surface area (Å²) in [5.74, 6) is 0. The van der Waals surface area contributed by atoms with Gasteiger partial charge >= 0.3 is 0 Å². The van der Waals surface area contributed by atoms with E-state index in [9.17, 15) is 0 Å². The SMILES string of the molecule is Cc1cc(C)c(C=Nc2ccc(C#N)cc2)c(C)c1. The molecule has 2 aromatic carbocycles. The maximum absolute atomic E-state index is 8.75. The largest absolute Gasteiger partial charge is 0.256 e. The van der Waals surface area contributed by atoms with Gasteiger partial charge in [-0.3, -0.25) is 4.99 Å². The van der Waals surface area contributed by atoms with Gasteiger partial charge in [0.2, 0.25) is 0 Å². The highest BCUT2D eigenvalue weighted by molar-refractivity contribution is 5.85. The fourth-order valence-electron chi connectivity index (χ4n) is 2.16. The van der Waals surface area contributed by atoms with E-state index in [2.05, 4.69) is 44.0 Å². The minimum absolute atomic E-state index is 0.654. The molecule has 0 fully saturated rings. The molecule has 2 rings (SSSR count). The predicted octanol–water partition coefficient (Wildman–Crippen LogP) is 4.23. The highest BCUT2D eigenvalue weighted by atomic mass is 14.7. The number of hydrogen-bond donors (Lipinski definition) is 0. The van der Waals surface area contributed by atoms with Gasteiger partial charge in [0.25, 0.3) is 0 Å². The van der Waals surface area contributed by atoms with E-state index in [0.29, 0.717) is 5.56 Å². The van der Waals surface area contributed by atoms with Crippen LogP contribution < -0.4 is 0 Å². The van der Waals surface area contributed by atoms with Gasteiger partial charge in [0, 0.05) is 6.21 Å². The molecule has 0 aromatic heterocycles. The van der Waals surface area contributed by atoms with Crippen molar-refractivity contribution >= 4 is 11.9 Å². The molecular formula is C17H16N2. The summed E-state index contributed by atoms with van der Waals surface area (Å²) in [6.45, 7) is 6.29. The van der Waals surface area contributed by atoms with Gasteiger partial charge in [0.1, 0.15) is 0 Å². The Morgan fingerprint density at radius 2 is 1.58 bits per heavy atom. The van der Waals surface area contributed by atoms with E-state index in [1.54, 1.807) is 12.1 Å². The standard InChI is InChI=1S/C17H16N2/c1-12-8-13(2)17(14(3)9-12)11-19-16-6-4-15(10-18)5-7-16/h4-9,11H,1-3H3. The molecule has 0 heterocycles. The van der Waals surface area contributed by atoms with Gasteiger partial charge in [-0.05, 0) is 61.7 Å². The van der Waals surface area contributed by atoms with Gasteiger partial charge in [-0.25, -0.2) is 0 Å². The number of benzene rings is 2. The molecule has 0 aliphatic carbocycles. The Morgan fingerprint density at radius 1 is 1.00 bits per heavy atom. The number of hydrogen-bond acceptors (Lipinski definition) is 2. The van der Waals surface area contributed by atoms with E-state index in [1.807, 2.05) is 18.3 Å². The average Bonchev–Trinajstić information content (AvgIpc) is 2.38. The molecule has 0 aliphatic heterocycles. The highest BCUT2D eigenvalue weighted by Gasteiger charge is 2.01. The van der Waals surface area contributed by atoms with Crippen LogP contribution >= 0.6 is 0 Å². The molecule has 0 atom stereocenters. The molecule has 2 heteroatoms. The van der Waals surface area contributed by atoms with E-state index in [0.717, 1.165) is 11.3 Å². The molecule has 0 spiro atoms. The van der Waals surface area contributed by atoms with E-state index < -0.39 is 0 Å². The molecule has 0 N–H and O–H groups in total. The topological polar surface area (TPSA) is 36.1 Å². The summed E-state index contributed by atoms with van der Waals surface area (Å²) >= 11 is 0. The van der Waals surface area contributed by atoms with Crippen molar-refractivity contribution in [1.29, 1.82) is 5.26 Å². The van der Waals surface area contributed by atoms with Crippen LogP contribution in [-0.2, 0) is 0 Å². The Hall–Kier alpha value is -2.40. The molecule has 0 radical (unpaired) electrons. The van der Waals surface area contributed by atoms with Crippen LogP contribution in [0.1, 0.15) is 27.8 Å². The third kappa shape index (κ3) is 3.08. The normalized spacial score (nSPS) is 10.6. The molecule has 94 valence electrons. The molecule has 0 unspecified atom stereocenters. The predicted molar refractivity (Wildman–Crippen MR) is 79.1 cm³/mol. The number of aryl methyl sites for hydroxylation is 3. The summed E-state index contributed by atoms with van der Waals surface area (Å²) in [5.41, 5.74) is 6.41. The summed E-state index contributed by atoms with van der Waals surface area (Å²) < 4.78 is 0. The van der Waals surface area contributed by atoms with Crippen LogP contribution in [0.5, 0.6) is 0 Å². The molecule has 2 nitrogen and oxygen atoms in total. The monoisotopic (exact) mass is 248 g/mol. The van der Waals surface area contributed by atoms with Crippen LogP contribution in [0.4, 0.5) is 5.69 Å². The zero-order valence-corrected chi connectivity index (χ0v) is 11.4. The molecule has 2 aromatic rings. The third-order valence-electron chi connectivity index (χ3n) is 3.08. The molecule has 19 heavy (non-hydrogen) atoms. The Morgan fingerprint density at radius 3 is 2.11 bits per heavy atom. The first kappa shape index (κ1) is 13.0. The first-order valence-corrected chi connectivity index (χ1v) is 6.22. The van der Waals surface area contributed by atoms with Gasteiger partial charge in [0.05, 0.1) is 17.3 Å². The van der Waals surface area contributed by atoms with Crippen LogP contribution in [0.3, 0.4) is 0 Å². The second-order valence-corrected chi connectivity index (χ2v) is 4.73. The van der Waals surface area contributed by atoms with Crippen LogP contribution in [0.15, 0.2) is 41.4 Å².